The van der Waals surface area contributed by atoms with Crippen LogP contribution >= 0.6 is 0 Å². The predicted octanol–water partition coefficient (Wildman–Crippen LogP) is 3.42. The van der Waals surface area contributed by atoms with Crippen molar-refractivity contribution in [2.24, 2.45) is 7.05 Å². The van der Waals surface area contributed by atoms with E-state index in [1.54, 1.807) is 9.58 Å². The van der Waals surface area contributed by atoms with Crippen LogP contribution in [0.4, 0.5) is 19.0 Å². The highest BCUT2D eigenvalue weighted by Gasteiger charge is 2.34. The molecule has 0 N–H and O–H groups in total. The number of aromatic nitrogens is 3. The van der Waals surface area contributed by atoms with E-state index in [9.17, 15) is 18.0 Å². The lowest BCUT2D eigenvalue weighted by atomic mass is 9.80. The molecule has 1 atom stereocenters. The Hall–Kier alpha value is -2.62. The van der Waals surface area contributed by atoms with E-state index in [0.717, 1.165) is 41.3 Å². The fourth-order valence-corrected chi connectivity index (χ4v) is 4.30. The molecule has 3 aliphatic rings. The number of amides is 1. The molecule has 0 bridgehead atoms. The largest absolute Gasteiger partial charge is 0.379 e. The van der Waals surface area contributed by atoms with Crippen LogP contribution in [0.15, 0.2) is 18.5 Å². The summed E-state index contributed by atoms with van der Waals surface area (Å²) in [6.07, 6.45) is 7.47. The highest BCUT2D eigenvalue weighted by Crippen LogP contribution is 2.41. The number of aryl methyl sites for hydroxylation is 1. The number of nitrogens with zero attached hydrogens (tertiary/aromatic N) is 5. The van der Waals surface area contributed by atoms with Crippen molar-refractivity contribution in [3.63, 3.8) is 0 Å². The third-order valence-electron chi connectivity index (χ3n) is 6.09. The number of rotatable bonds is 3. The SMILES string of the molecule is CN1Cc2c(cc(N3CCOC(c4cnn(C)c4)C3)nc2C2CCC2)C1=O.FC(F)F. The number of halogens is 3. The van der Waals surface area contributed by atoms with Crippen molar-refractivity contribution in [2.45, 2.75) is 44.5 Å². The van der Waals surface area contributed by atoms with Crippen LogP contribution in [-0.4, -0.2) is 59.0 Å². The molecule has 2 aromatic rings. The summed E-state index contributed by atoms with van der Waals surface area (Å²) in [4.78, 5) is 21.8. The number of carbonyl (C=O) groups is 1. The van der Waals surface area contributed by atoms with Crippen LogP contribution in [0.5, 0.6) is 0 Å². The maximum Gasteiger partial charge on any atom is 0.379 e. The third-order valence-corrected chi connectivity index (χ3v) is 6.09. The molecule has 1 unspecified atom stereocenters. The number of hydrogen-bond donors (Lipinski definition) is 0. The number of carbonyl (C=O) groups excluding carboxylic acids is 1. The van der Waals surface area contributed by atoms with Gasteiger partial charge < -0.3 is 14.5 Å². The summed E-state index contributed by atoms with van der Waals surface area (Å²) in [6, 6.07) is 1.99. The summed E-state index contributed by atoms with van der Waals surface area (Å²) in [6.45, 7) is -0.818. The van der Waals surface area contributed by atoms with Gasteiger partial charge in [0.25, 0.3) is 5.91 Å². The highest BCUT2D eigenvalue weighted by atomic mass is 19.4. The van der Waals surface area contributed by atoms with Crippen LogP contribution in [0.3, 0.4) is 0 Å². The normalized spacial score (nSPS) is 21.1. The van der Waals surface area contributed by atoms with E-state index < -0.39 is 6.68 Å². The zero-order valence-electron chi connectivity index (χ0n) is 17.6. The van der Waals surface area contributed by atoms with Gasteiger partial charge in [-0.1, -0.05) is 6.42 Å². The highest BCUT2D eigenvalue weighted by molar-refractivity contribution is 5.99. The maximum absolute atomic E-state index is 12.6. The Morgan fingerprint density at radius 2 is 1.97 bits per heavy atom. The van der Waals surface area contributed by atoms with Crippen molar-refractivity contribution in [1.29, 1.82) is 0 Å². The van der Waals surface area contributed by atoms with Crippen LogP contribution < -0.4 is 4.90 Å². The fraction of sp³-hybridized carbons (Fsp3) is 0.571. The molecule has 31 heavy (non-hydrogen) atoms. The Morgan fingerprint density at radius 3 is 2.58 bits per heavy atom. The van der Waals surface area contributed by atoms with Crippen molar-refractivity contribution < 1.29 is 22.7 Å². The van der Waals surface area contributed by atoms with Gasteiger partial charge in [-0.3, -0.25) is 9.48 Å². The van der Waals surface area contributed by atoms with Gasteiger partial charge in [-0.05, 0) is 18.9 Å². The minimum atomic E-state index is -3.67. The molecule has 1 saturated carbocycles. The van der Waals surface area contributed by atoms with Crippen LogP contribution in [-0.2, 0) is 18.3 Å². The number of hydrogen-bond acceptors (Lipinski definition) is 5. The lowest BCUT2D eigenvalue weighted by Gasteiger charge is -2.35. The lowest BCUT2D eigenvalue weighted by molar-refractivity contribution is 0.00818. The fourth-order valence-electron chi connectivity index (χ4n) is 4.30. The predicted molar refractivity (Wildman–Crippen MR) is 108 cm³/mol. The first-order chi connectivity index (χ1) is 14.8. The van der Waals surface area contributed by atoms with Gasteiger partial charge in [0.15, 0.2) is 0 Å². The minimum absolute atomic E-state index is 0.0203. The Morgan fingerprint density at radius 1 is 1.23 bits per heavy atom. The Labute approximate surface area is 178 Å². The summed E-state index contributed by atoms with van der Waals surface area (Å²) in [5.41, 5.74) is 4.22. The monoisotopic (exact) mass is 437 g/mol. The topological polar surface area (TPSA) is 63.5 Å². The van der Waals surface area contributed by atoms with Crippen molar-refractivity contribution in [3.8, 4) is 0 Å². The van der Waals surface area contributed by atoms with Crippen molar-refractivity contribution in [2.75, 3.05) is 31.6 Å². The first-order valence-electron chi connectivity index (χ1n) is 10.4. The standard InChI is InChI=1S/C20H25N5O2.CHF3/c1-23-11-16-15(20(23)26)8-18(22-19(16)13-4-3-5-13)25-6-7-27-17(12-25)14-9-21-24(2)10-14;2-1(3)4/h8-10,13,17H,3-7,11-12H2,1-2H3;1H. The summed E-state index contributed by atoms with van der Waals surface area (Å²) >= 11 is 0. The van der Waals surface area contributed by atoms with Crippen molar-refractivity contribution >= 4 is 11.7 Å². The number of pyridine rings is 1. The molecule has 7 nitrogen and oxygen atoms in total. The summed E-state index contributed by atoms with van der Waals surface area (Å²) < 4.78 is 36.8. The second-order valence-electron chi connectivity index (χ2n) is 8.18. The van der Waals surface area contributed by atoms with E-state index in [-0.39, 0.29) is 12.0 Å². The van der Waals surface area contributed by atoms with Gasteiger partial charge in [-0.2, -0.15) is 18.3 Å². The van der Waals surface area contributed by atoms with E-state index in [4.69, 9.17) is 9.72 Å². The van der Waals surface area contributed by atoms with Crippen molar-refractivity contribution in [1.82, 2.24) is 19.7 Å². The third kappa shape index (κ3) is 4.53. The van der Waals surface area contributed by atoms with Crippen LogP contribution in [0.1, 0.15) is 58.5 Å². The second kappa shape index (κ2) is 8.86. The molecule has 0 radical (unpaired) electrons. The first-order valence-corrected chi connectivity index (χ1v) is 10.4. The Bertz CT molecular complexity index is 944. The summed E-state index contributed by atoms with van der Waals surface area (Å²) in [5, 5.41) is 4.26. The summed E-state index contributed by atoms with van der Waals surface area (Å²) in [7, 11) is 3.79. The van der Waals surface area contributed by atoms with Gasteiger partial charge in [0.1, 0.15) is 11.9 Å². The molecule has 0 spiro atoms. The molecule has 1 aliphatic carbocycles. The molecular formula is C21H26F3N5O2. The molecule has 1 saturated heterocycles. The number of morpholine rings is 1. The maximum atomic E-state index is 12.6. The molecule has 2 aromatic heterocycles. The molecule has 2 aliphatic heterocycles. The van der Waals surface area contributed by atoms with E-state index in [1.165, 1.54) is 19.3 Å². The lowest BCUT2D eigenvalue weighted by Crippen LogP contribution is -2.39. The minimum Gasteiger partial charge on any atom is -0.370 e. The van der Waals surface area contributed by atoms with Crippen LogP contribution in [0.25, 0.3) is 0 Å². The molecule has 2 fully saturated rings. The summed E-state index contributed by atoms with van der Waals surface area (Å²) in [5.74, 6) is 1.54. The van der Waals surface area contributed by atoms with E-state index in [1.807, 2.05) is 32.6 Å². The number of anilines is 1. The van der Waals surface area contributed by atoms with Crippen LogP contribution in [0, 0.1) is 0 Å². The number of alkyl halides is 3. The van der Waals surface area contributed by atoms with Gasteiger partial charge in [-0.25, -0.2) is 4.98 Å². The Balaban J connectivity index is 0.000000535. The van der Waals surface area contributed by atoms with E-state index in [0.29, 0.717) is 19.1 Å². The molecule has 4 heterocycles. The molecule has 168 valence electrons. The first kappa shape index (κ1) is 21.6. The van der Waals surface area contributed by atoms with E-state index in [2.05, 4.69) is 10.00 Å². The van der Waals surface area contributed by atoms with E-state index >= 15 is 0 Å². The van der Waals surface area contributed by atoms with Gasteiger partial charge >= 0.3 is 6.68 Å². The zero-order valence-corrected chi connectivity index (χ0v) is 17.6. The molecule has 0 aromatic carbocycles. The average molecular weight is 437 g/mol. The quantitative estimate of drug-likeness (QED) is 0.736. The second-order valence-corrected chi connectivity index (χ2v) is 8.18. The smallest absolute Gasteiger partial charge is 0.370 e. The van der Waals surface area contributed by atoms with Gasteiger partial charge in [-0.15, -0.1) is 0 Å². The van der Waals surface area contributed by atoms with Gasteiger partial charge in [0.05, 0.1) is 24.1 Å². The molecular weight excluding hydrogens is 411 g/mol. The number of ether oxygens (including phenoxy) is 1. The van der Waals surface area contributed by atoms with Gasteiger partial charge in [0.2, 0.25) is 0 Å². The molecule has 10 heteroatoms. The van der Waals surface area contributed by atoms with Gasteiger partial charge in [0, 0.05) is 57.0 Å². The average Bonchev–Trinajstić information content (AvgIpc) is 3.24. The zero-order chi connectivity index (χ0) is 22.1. The van der Waals surface area contributed by atoms with Crippen molar-refractivity contribution in [3.05, 3.63) is 40.8 Å². The molecule has 5 rings (SSSR count). The van der Waals surface area contributed by atoms with Crippen LogP contribution in [0.2, 0.25) is 0 Å². The Kier molecular flexibility index (Phi) is 6.17. The molecule has 1 amide bonds. The number of fused-ring (bicyclic) bond motifs is 1.